The van der Waals surface area contributed by atoms with Crippen molar-refractivity contribution in [2.45, 2.75) is 25.9 Å². The van der Waals surface area contributed by atoms with E-state index in [1.807, 2.05) is 0 Å². The van der Waals surface area contributed by atoms with E-state index in [9.17, 15) is 26.3 Å². The van der Waals surface area contributed by atoms with E-state index in [2.05, 4.69) is 14.9 Å². The Labute approximate surface area is 214 Å². The van der Waals surface area contributed by atoms with Gasteiger partial charge in [0.15, 0.2) is 5.75 Å². The average Bonchev–Trinajstić information content (AvgIpc) is 2.82. The topological polar surface area (TPSA) is 43.2 Å². The second-order valence-electron chi connectivity index (χ2n) is 7.75. The van der Waals surface area contributed by atoms with E-state index < -0.39 is 18.1 Å². The maximum atomic E-state index is 13.1. The largest absolute Gasteiger partial charge is 0.573 e. The first-order chi connectivity index (χ1) is 17.4. The van der Waals surface area contributed by atoms with Gasteiger partial charge < -0.3 is 9.57 Å². The Morgan fingerprint density at radius 3 is 2.11 bits per heavy atom. The average molecular weight is 539 g/mol. The highest BCUT2D eigenvalue weighted by atomic mass is 32.1. The van der Waals surface area contributed by atoms with Gasteiger partial charge in [0.25, 0.3) is 0 Å². The van der Waals surface area contributed by atoms with E-state index in [1.54, 1.807) is 37.4 Å². The van der Waals surface area contributed by atoms with Crippen molar-refractivity contribution < 1.29 is 35.9 Å². The maximum absolute atomic E-state index is 13.1. The summed E-state index contributed by atoms with van der Waals surface area (Å²) >= 11 is 5.21. The molecule has 0 heterocycles. The van der Waals surface area contributed by atoms with E-state index in [0.717, 1.165) is 6.07 Å². The minimum Gasteiger partial charge on any atom is -0.406 e. The van der Waals surface area contributed by atoms with Gasteiger partial charge in [-0.05, 0) is 78.2 Å². The lowest BCUT2D eigenvalue weighted by molar-refractivity contribution is -0.274. The van der Waals surface area contributed by atoms with Crippen molar-refractivity contribution in [1.29, 1.82) is 0 Å². The number of aliphatic imine (C=N–C) groups is 1. The summed E-state index contributed by atoms with van der Waals surface area (Å²) < 4.78 is 80.0. The highest BCUT2D eigenvalue weighted by molar-refractivity contribution is 7.80. The number of hydrogen-bond acceptors (Lipinski definition) is 5. The number of thiocarbonyl (C=S) groups is 1. The van der Waals surface area contributed by atoms with Crippen molar-refractivity contribution in [2.24, 2.45) is 10.1 Å². The molecule has 4 nitrogen and oxygen atoms in total. The van der Waals surface area contributed by atoms with Crippen LogP contribution in [-0.4, -0.2) is 29.7 Å². The van der Waals surface area contributed by atoms with Gasteiger partial charge in [-0.1, -0.05) is 35.6 Å². The van der Waals surface area contributed by atoms with Crippen LogP contribution in [0.4, 0.5) is 26.3 Å². The quantitative estimate of drug-likeness (QED) is 0.123. The molecule has 0 spiro atoms. The number of nitrogens with zero attached hydrogens (tertiary/aromatic N) is 2. The van der Waals surface area contributed by atoms with Crippen LogP contribution >= 0.6 is 12.2 Å². The number of rotatable bonds is 9. The highest BCUT2D eigenvalue weighted by Crippen LogP contribution is 2.32. The summed E-state index contributed by atoms with van der Waals surface area (Å²) in [5, 5.41) is 3.97. The van der Waals surface area contributed by atoms with Gasteiger partial charge in [-0.3, -0.25) is 4.99 Å². The number of hydrogen-bond donors (Lipinski definition) is 0. The van der Waals surface area contributed by atoms with E-state index in [0.29, 0.717) is 27.5 Å². The maximum Gasteiger partial charge on any atom is 0.573 e. The van der Waals surface area contributed by atoms with Crippen molar-refractivity contribution in [3.05, 3.63) is 95.1 Å². The molecule has 0 amide bonds. The minimum atomic E-state index is -4.76. The fraction of sp³-hybridized carbons (Fsp3) is 0.192. The van der Waals surface area contributed by atoms with Gasteiger partial charge in [-0.15, -0.1) is 13.2 Å². The second kappa shape index (κ2) is 12.0. The van der Waals surface area contributed by atoms with Crippen molar-refractivity contribution in [3.63, 3.8) is 0 Å². The molecule has 0 saturated heterocycles. The van der Waals surface area contributed by atoms with Gasteiger partial charge in [-0.2, -0.15) is 13.2 Å². The lowest BCUT2D eigenvalue weighted by atomic mass is 10.0. The summed E-state index contributed by atoms with van der Waals surface area (Å²) in [4.78, 5) is 9.93. The zero-order valence-electron chi connectivity index (χ0n) is 19.3. The molecule has 0 aliphatic rings. The summed E-state index contributed by atoms with van der Waals surface area (Å²) in [5.74, 6) is 0.0712. The van der Waals surface area contributed by atoms with E-state index >= 15 is 0 Å². The molecule has 37 heavy (non-hydrogen) atoms. The van der Waals surface area contributed by atoms with Crippen LogP contribution in [0.5, 0.6) is 11.5 Å². The molecule has 194 valence electrons. The molecule has 3 rings (SSSR count). The molecule has 0 aliphatic carbocycles. The molecule has 0 radical (unpaired) electrons. The van der Waals surface area contributed by atoms with Crippen LogP contribution in [0.25, 0.3) is 0 Å². The smallest absolute Gasteiger partial charge is 0.406 e. The predicted molar refractivity (Wildman–Crippen MR) is 133 cm³/mol. The van der Waals surface area contributed by atoms with Crippen molar-refractivity contribution >= 4 is 29.0 Å². The van der Waals surface area contributed by atoms with Gasteiger partial charge in [0.05, 0.1) is 17.8 Å². The van der Waals surface area contributed by atoms with Crippen molar-refractivity contribution in [2.75, 3.05) is 6.54 Å². The van der Waals surface area contributed by atoms with Crippen molar-refractivity contribution in [1.82, 2.24) is 0 Å². The minimum absolute atomic E-state index is 0.00936. The lowest BCUT2D eigenvalue weighted by Crippen LogP contribution is -2.17. The summed E-state index contributed by atoms with van der Waals surface area (Å²) in [6, 6.07) is 17.2. The molecule has 0 saturated carbocycles. The molecule has 0 aromatic heterocycles. The van der Waals surface area contributed by atoms with E-state index in [4.69, 9.17) is 17.1 Å². The zero-order valence-corrected chi connectivity index (χ0v) is 20.1. The third kappa shape index (κ3) is 9.02. The molecular weight excluding hydrogens is 518 g/mol. The highest BCUT2D eigenvalue weighted by Gasteiger charge is 2.33. The first-order valence-electron chi connectivity index (χ1n) is 10.8. The standard InChI is InChI=1S/C26H20F6N2O2S/c1-17(19-8-12-21(13-9-19)35-26(30,31)32)34-36-22-10-6-18(7-11-22)15-33-16-23(37)14-20-4-2-3-5-24(20)25(27,28)29/h2-13,15H,14,16H2,1H3/b33-15?,34-17+. The monoisotopic (exact) mass is 538 g/mol. The zero-order chi connectivity index (χ0) is 27.1. The van der Waals surface area contributed by atoms with Crippen LogP contribution < -0.4 is 9.57 Å². The summed E-state index contributed by atoms with van der Waals surface area (Å²) in [7, 11) is 0. The van der Waals surface area contributed by atoms with Gasteiger partial charge in [-0.25, -0.2) is 0 Å². The van der Waals surface area contributed by atoms with Gasteiger partial charge in [0, 0.05) is 17.5 Å². The SMILES string of the molecule is C/C(=N\Oc1ccc(C=NCC(=S)Cc2ccccc2C(F)(F)F)cc1)c1ccc(OC(F)(F)F)cc1. The predicted octanol–water partition coefficient (Wildman–Crippen LogP) is 7.44. The van der Waals surface area contributed by atoms with Gasteiger partial charge >= 0.3 is 12.5 Å². The summed E-state index contributed by atoms with van der Waals surface area (Å²) in [5.41, 5.74) is 1.10. The van der Waals surface area contributed by atoms with Crippen LogP contribution in [0.15, 0.2) is 82.9 Å². The molecule has 0 aliphatic heterocycles. The van der Waals surface area contributed by atoms with Gasteiger partial charge in [0.2, 0.25) is 0 Å². The fourth-order valence-corrected chi connectivity index (χ4v) is 3.39. The van der Waals surface area contributed by atoms with Crippen LogP contribution in [0.1, 0.15) is 29.2 Å². The molecule has 0 bridgehead atoms. The third-order valence-corrected chi connectivity index (χ3v) is 5.17. The van der Waals surface area contributed by atoms with E-state index in [-0.39, 0.29) is 24.3 Å². The van der Waals surface area contributed by atoms with Crippen molar-refractivity contribution in [3.8, 4) is 11.5 Å². The molecule has 11 heteroatoms. The molecule has 3 aromatic carbocycles. The molecule has 3 aromatic rings. The molecule has 0 atom stereocenters. The number of oxime groups is 1. The fourth-order valence-electron chi connectivity index (χ4n) is 3.16. The third-order valence-electron chi connectivity index (χ3n) is 4.89. The summed E-state index contributed by atoms with van der Waals surface area (Å²) in [6.07, 6.45) is -7.67. The first-order valence-corrected chi connectivity index (χ1v) is 11.2. The normalized spacial score (nSPS) is 12.6. The molecule has 0 fully saturated rings. The lowest BCUT2D eigenvalue weighted by Gasteiger charge is -2.12. The number of benzene rings is 3. The molecule has 0 N–H and O–H groups in total. The van der Waals surface area contributed by atoms with Crippen LogP contribution in [-0.2, 0) is 12.6 Å². The van der Waals surface area contributed by atoms with Crippen LogP contribution in [0.3, 0.4) is 0 Å². The molecular formula is C26H20F6N2O2S. The summed E-state index contributed by atoms with van der Waals surface area (Å²) in [6.45, 7) is 1.73. The molecule has 0 unspecified atom stereocenters. The number of ether oxygens (including phenoxy) is 1. The Hall–Kier alpha value is -3.73. The number of halogens is 6. The Kier molecular flexibility index (Phi) is 9.04. The Morgan fingerprint density at radius 2 is 1.49 bits per heavy atom. The van der Waals surface area contributed by atoms with Crippen LogP contribution in [0, 0.1) is 0 Å². The Balaban J connectivity index is 1.52. The van der Waals surface area contributed by atoms with Crippen LogP contribution in [0.2, 0.25) is 0 Å². The first kappa shape index (κ1) is 27.9. The second-order valence-corrected chi connectivity index (χ2v) is 8.33. The Morgan fingerprint density at radius 1 is 0.865 bits per heavy atom. The van der Waals surface area contributed by atoms with Gasteiger partial charge in [0.1, 0.15) is 5.75 Å². The Bertz CT molecular complexity index is 1270. The van der Waals surface area contributed by atoms with E-state index in [1.165, 1.54) is 42.5 Å². The number of alkyl halides is 6.